The molecule has 2 rings (SSSR count). The van der Waals surface area contributed by atoms with E-state index in [1.54, 1.807) is 16.8 Å². The van der Waals surface area contributed by atoms with Crippen molar-refractivity contribution in [3.8, 4) is 6.07 Å². The maximum absolute atomic E-state index is 11.7. The summed E-state index contributed by atoms with van der Waals surface area (Å²) in [5, 5.41) is 15.6. The number of rotatable bonds is 2. The molecular formula is C9H6N4OS2. The minimum atomic E-state index is -0.355. The summed E-state index contributed by atoms with van der Waals surface area (Å²) in [4.78, 5) is 15.5. The van der Waals surface area contributed by atoms with Gasteiger partial charge in [-0.05, 0) is 11.4 Å². The second-order valence-corrected chi connectivity index (χ2v) is 4.61. The topological polar surface area (TPSA) is 91.8 Å². The van der Waals surface area contributed by atoms with Gasteiger partial charge in [0, 0.05) is 5.38 Å². The quantitative estimate of drug-likeness (QED) is 0.851. The van der Waals surface area contributed by atoms with Crippen molar-refractivity contribution in [3.63, 3.8) is 0 Å². The van der Waals surface area contributed by atoms with E-state index >= 15 is 0 Å². The monoisotopic (exact) mass is 250 g/mol. The third-order valence-corrected chi connectivity index (χ3v) is 3.27. The summed E-state index contributed by atoms with van der Waals surface area (Å²) >= 11 is 2.49. The Labute approximate surface area is 99.2 Å². The second-order valence-electron chi connectivity index (χ2n) is 2.80. The molecule has 0 aliphatic rings. The minimum Gasteiger partial charge on any atom is -0.375 e. The number of nitrogens with zero attached hydrogens (tertiary/aromatic N) is 2. The lowest BCUT2D eigenvalue weighted by atomic mass is 10.3. The van der Waals surface area contributed by atoms with Gasteiger partial charge in [0.25, 0.3) is 5.91 Å². The van der Waals surface area contributed by atoms with Crippen molar-refractivity contribution in [3.05, 3.63) is 28.1 Å². The average molecular weight is 250 g/mol. The summed E-state index contributed by atoms with van der Waals surface area (Å²) in [5.74, 6) is -0.355. The Morgan fingerprint density at radius 2 is 2.38 bits per heavy atom. The van der Waals surface area contributed by atoms with E-state index in [4.69, 9.17) is 11.0 Å². The number of carbonyl (C=O) groups is 1. The van der Waals surface area contributed by atoms with Crippen molar-refractivity contribution in [2.45, 2.75) is 0 Å². The van der Waals surface area contributed by atoms with Crippen molar-refractivity contribution < 1.29 is 4.79 Å². The molecule has 2 heterocycles. The van der Waals surface area contributed by atoms with Crippen LogP contribution in [0, 0.1) is 11.3 Å². The highest BCUT2D eigenvalue weighted by molar-refractivity contribution is 7.14. The first kappa shape index (κ1) is 10.6. The van der Waals surface area contributed by atoms with Gasteiger partial charge in [-0.2, -0.15) is 5.26 Å². The third-order valence-electron chi connectivity index (χ3n) is 1.77. The SMILES string of the molecule is N#Cc1ccsc1NC(=O)c1csc(N)n1. The first-order chi connectivity index (χ1) is 7.70. The fourth-order valence-electron chi connectivity index (χ4n) is 1.05. The van der Waals surface area contributed by atoms with Crippen LogP contribution >= 0.6 is 22.7 Å². The van der Waals surface area contributed by atoms with Gasteiger partial charge >= 0.3 is 0 Å². The standard InChI is InChI=1S/C9H6N4OS2/c10-3-5-1-2-15-8(5)13-7(14)6-4-16-9(11)12-6/h1-2,4H,(H2,11,12)(H,13,14). The number of nitriles is 1. The normalized spacial score (nSPS) is 9.69. The molecule has 80 valence electrons. The van der Waals surface area contributed by atoms with Gasteiger partial charge in [0.2, 0.25) is 0 Å². The molecule has 0 unspecified atom stereocenters. The first-order valence-electron chi connectivity index (χ1n) is 4.20. The number of aromatic nitrogens is 1. The molecule has 0 radical (unpaired) electrons. The van der Waals surface area contributed by atoms with E-state index in [0.717, 1.165) is 0 Å². The van der Waals surface area contributed by atoms with Crippen molar-refractivity contribution >= 4 is 38.7 Å². The second kappa shape index (κ2) is 4.30. The molecule has 0 atom stereocenters. The summed E-state index contributed by atoms with van der Waals surface area (Å²) in [6.45, 7) is 0. The van der Waals surface area contributed by atoms with Crippen molar-refractivity contribution in [2.24, 2.45) is 0 Å². The van der Waals surface area contributed by atoms with Crippen LogP contribution < -0.4 is 11.1 Å². The molecule has 0 fully saturated rings. The van der Waals surface area contributed by atoms with Gasteiger partial charge in [0.05, 0.1) is 5.56 Å². The van der Waals surface area contributed by atoms with Crippen molar-refractivity contribution in [2.75, 3.05) is 11.1 Å². The summed E-state index contributed by atoms with van der Waals surface area (Å²) in [6.07, 6.45) is 0. The predicted molar refractivity (Wildman–Crippen MR) is 63.5 cm³/mol. The molecule has 5 nitrogen and oxygen atoms in total. The molecule has 0 aliphatic carbocycles. The number of nitrogens with one attached hydrogen (secondary N) is 1. The fourth-order valence-corrected chi connectivity index (χ4v) is 2.33. The lowest BCUT2D eigenvalue weighted by Gasteiger charge is -1.99. The Balaban J connectivity index is 2.17. The Kier molecular flexibility index (Phi) is 2.85. The number of thiophene rings is 1. The maximum atomic E-state index is 11.7. The molecule has 0 saturated heterocycles. The first-order valence-corrected chi connectivity index (χ1v) is 5.96. The van der Waals surface area contributed by atoms with Gasteiger partial charge in [-0.3, -0.25) is 4.79 Å². The number of carbonyl (C=O) groups excluding carboxylic acids is 1. The smallest absolute Gasteiger partial charge is 0.275 e. The van der Waals surface area contributed by atoms with E-state index in [2.05, 4.69) is 10.3 Å². The highest BCUT2D eigenvalue weighted by Crippen LogP contribution is 2.23. The van der Waals surface area contributed by atoms with Crippen LogP contribution in [-0.4, -0.2) is 10.9 Å². The van der Waals surface area contributed by atoms with Crippen LogP contribution in [0.25, 0.3) is 0 Å². The van der Waals surface area contributed by atoms with E-state index in [1.165, 1.54) is 22.7 Å². The van der Waals surface area contributed by atoms with Crippen LogP contribution in [-0.2, 0) is 0 Å². The Morgan fingerprint density at radius 1 is 1.56 bits per heavy atom. The van der Waals surface area contributed by atoms with Gasteiger partial charge in [0.15, 0.2) is 5.13 Å². The molecular weight excluding hydrogens is 244 g/mol. The number of hydrogen-bond acceptors (Lipinski definition) is 6. The van der Waals surface area contributed by atoms with Crippen LogP contribution in [0.5, 0.6) is 0 Å². The Hall–Kier alpha value is -1.91. The molecule has 2 aromatic rings. The fraction of sp³-hybridized carbons (Fsp3) is 0. The number of anilines is 2. The van der Waals surface area contributed by atoms with Crippen LogP contribution in [0.1, 0.15) is 16.1 Å². The molecule has 0 aliphatic heterocycles. The highest BCUT2D eigenvalue weighted by Gasteiger charge is 2.12. The molecule has 7 heteroatoms. The lowest BCUT2D eigenvalue weighted by molar-refractivity contribution is 0.102. The highest BCUT2D eigenvalue weighted by atomic mass is 32.1. The van der Waals surface area contributed by atoms with E-state index < -0.39 is 0 Å². The summed E-state index contributed by atoms with van der Waals surface area (Å²) in [7, 11) is 0. The zero-order chi connectivity index (χ0) is 11.5. The number of hydrogen-bond donors (Lipinski definition) is 2. The van der Waals surface area contributed by atoms with Crippen LogP contribution in [0.15, 0.2) is 16.8 Å². The summed E-state index contributed by atoms with van der Waals surface area (Å²) in [6, 6.07) is 3.64. The lowest BCUT2D eigenvalue weighted by Crippen LogP contribution is -2.12. The minimum absolute atomic E-state index is 0.264. The van der Waals surface area contributed by atoms with Gasteiger partial charge in [0.1, 0.15) is 16.8 Å². The van der Waals surface area contributed by atoms with E-state index in [1.807, 2.05) is 6.07 Å². The number of thiazole rings is 1. The molecule has 16 heavy (non-hydrogen) atoms. The van der Waals surface area contributed by atoms with Crippen molar-refractivity contribution in [1.82, 2.24) is 4.98 Å². The predicted octanol–water partition coefficient (Wildman–Crippen LogP) is 1.91. The van der Waals surface area contributed by atoms with E-state index in [0.29, 0.717) is 15.7 Å². The van der Waals surface area contributed by atoms with E-state index in [-0.39, 0.29) is 11.6 Å². The number of nitrogens with two attached hydrogens (primary N) is 1. The molecule has 0 saturated carbocycles. The molecule has 2 aromatic heterocycles. The zero-order valence-electron chi connectivity index (χ0n) is 7.93. The summed E-state index contributed by atoms with van der Waals surface area (Å²) in [5.41, 5.74) is 6.13. The molecule has 0 spiro atoms. The number of amides is 1. The van der Waals surface area contributed by atoms with Crippen molar-refractivity contribution in [1.29, 1.82) is 5.26 Å². The average Bonchev–Trinajstić information content (AvgIpc) is 2.86. The van der Waals surface area contributed by atoms with Crippen LogP contribution in [0.4, 0.5) is 10.1 Å². The maximum Gasteiger partial charge on any atom is 0.275 e. The van der Waals surface area contributed by atoms with Gasteiger partial charge in [-0.25, -0.2) is 4.98 Å². The zero-order valence-corrected chi connectivity index (χ0v) is 9.56. The molecule has 1 amide bonds. The van der Waals surface area contributed by atoms with Crippen LogP contribution in [0.2, 0.25) is 0 Å². The molecule has 0 bridgehead atoms. The Morgan fingerprint density at radius 3 is 3.00 bits per heavy atom. The molecule has 0 aromatic carbocycles. The van der Waals surface area contributed by atoms with Crippen LogP contribution in [0.3, 0.4) is 0 Å². The number of nitrogen functional groups attached to an aromatic ring is 1. The van der Waals surface area contributed by atoms with Gasteiger partial charge < -0.3 is 11.1 Å². The third kappa shape index (κ3) is 2.03. The Bertz CT molecular complexity index is 566. The summed E-state index contributed by atoms with van der Waals surface area (Å²) < 4.78 is 0. The molecule has 3 N–H and O–H groups in total. The largest absolute Gasteiger partial charge is 0.375 e. The van der Waals surface area contributed by atoms with Gasteiger partial charge in [-0.1, -0.05) is 0 Å². The van der Waals surface area contributed by atoms with Gasteiger partial charge in [-0.15, -0.1) is 22.7 Å². The van der Waals surface area contributed by atoms with E-state index in [9.17, 15) is 4.79 Å².